The van der Waals surface area contributed by atoms with Gasteiger partial charge >= 0.3 is 0 Å². The number of halogens is 2. The lowest BCUT2D eigenvalue weighted by molar-refractivity contribution is 1.10. The highest BCUT2D eigenvalue weighted by molar-refractivity contribution is 6.42. The predicted octanol–water partition coefficient (Wildman–Crippen LogP) is 3.12. The molecule has 0 aliphatic heterocycles. The van der Waals surface area contributed by atoms with E-state index in [1.54, 1.807) is 12.1 Å². The molecule has 0 radical (unpaired) electrons. The van der Waals surface area contributed by atoms with Gasteiger partial charge in [-0.15, -0.1) is 0 Å². The number of hydrogen-bond donors (Lipinski definition) is 0. The van der Waals surface area contributed by atoms with Crippen LogP contribution in [0.25, 0.3) is 0 Å². The van der Waals surface area contributed by atoms with E-state index in [-0.39, 0.29) is 0 Å². The number of hydrogen-bond acceptors (Lipinski definition) is 2. The van der Waals surface area contributed by atoms with Gasteiger partial charge in [-0.3, -0.25) is 0 Å². The minimum absolute atomic E-state index is 0.356. The third kappa shape index (κ3) is 2.12. The molecule has 0 aliphatic rings. The molecule has 0 unspecified atom stereocenters. The Kier molecular flexibility index (Phi) is 3.14. The zero-order chi connectivity index (χ0) is 9.84. The summed E-state index contributed by atoms with van der Waals surface area (Å²) in [5, 5.41) is 18.0. The number of nitriles is 2. The average Bonchev–Trinajstić information content (AvgIpc) is 2.13. The lowest BCUT2D eigenvalue weighted by Gasteiger charge is -2.01. The number of benzene rings is 1. The zero-order valence-corrected chi connectivity index (χ0v) is 7.97. The molecule has 2 nitrogen and oxygen atoms in total. The van der Waals surface area contributed by atoms with Crippen molar-refractivity contribution in [3.63, 3.8) is 0 Å². The molecule has 0 aromatic heterocycles. The first kappa shape index (κ1) is 9.86. The minimum Gasteiger partial charge on any atom is -0.196 e. The van der Waals surface area contributed by atoms with Crippen LogP contribution in [-0.2, 0) is 0 Å². The van der Waals surface area contributed by atoms with Crippen molar-refractivity contribution in [2.24, 2.45) is 0 Å². The van der Waals surface area contributed by atoms with Gasteiger partial charge in [0.15, 0.2) is 5.92 Å². The molecule has 0 saturated carbocycles. The first-order valence-corrected chi connectivity index (χ1v) is 4.19. The van der Waals surface area contributed by atoms with Gasteiger partial charge in [-0.2, -0.15) is 10.5 Å². The summed E-state index contributed by atoms with van der Waals surface area (Å²) >= 11 is 11.4. The van der Waals surface area contributed by atoms with Crippen LogP contribution in [-0.4, -0.2) is 0 Å². The van der Waals surface area contributed by atoms with E-state index in [4.69, 9.17) is 33.7 Å². The predicted molar refractivity (Wildman–Crippen MR) is 50.4 cm³/mol. The molecule has 1 aromatic carbocycles. The lowest BCUT2D eigenvalue weighted by Crippen LogP contribution is -1.91. The SMILES string of the molecule is N#CC(C#N)c1ccc(Cl)c(Cl)c1. The van der Waals surface area contributed by atoms with Gasteiger partial charge in [0.05, 0.1) is 22.2 Å². The molecule has 0 aliphatic carbocycles. The molecule has 1 aromatic rings. The topological polar surface area (TPSA) is 47.6 Å². The van der Waals surface area contributed by atoms with E-state index in [2.05, 4.69) is 0 Å². The van der Waals surface area contributed by atoms with Gasteiger partial charge in [0, 0.05) is 0 Å². The zero-order valence-electron chi connectivity index (χ0n) is 6.46. The van der Waals surface area contributed by atoms with Crippen LogP contribution < -0.4 is 0 Å². The Morgan fingerprint density at radius 2 is 1.69 bits per heavy atom. The van der Waals surface area contributed by atoms with E-state index in [0.717, 1.165) is 0 Å². The van der Waals surface area contributed by atoms with E-state index in [0.29, 0.717) is 15.6 Å². The molecule has 1 rings (SSSR count). The largest absolute Gasteiger partial charge is 0.196 e. The van der Waals surface area contributed by atoms with E-state index < -0.39 is 5.92 Å². The standard InChI is InChI=1S/C9H4Cl2N2/c10-8-2-1-6(3-9(8)11)7(4-12)5-13/h1-3,7H. The van der Waals surface area contributed by atoms with Gasteiger partial charge in [-0.1, -0.05) is 29.3 Å². The van der Waals surface area contributed by atoms with Crippen LogP contribution in [0.4, 0.5) is 0 Å². The molecular formula is C9H4Cl2N2. The van der Waals surface area contributed by atoms with E-state index in [9.17, 15) is 0 Å². The van der Waals surface area contributed by atoms with Crippen LogP contribution >= 0.6 is 23.2 Å². The molecule has 0 fully saturated rings. The monoisotopic (exact) mass is 210 g/mol. The lowest BCUT2D eigenvalue weighted by atomic mass is 10.0. The molecule has 0 amide bonds. The Balaban J connectivity index is 3.13. The van der Waals surface area contributed by atoms with E-state index in [1.165, 1.54) is 6.07 Å². The van der Waals surface area contributed by atoms with Gasteiger partial charge in [-0.05, 0) is 17.7 Å². The van der Waals surface area contributed by atoms with Crippen molar-refractivity contribution >= 4 is 23.2 Å². The van der Waals surface area contributed by atoms with Crippen LogP contribution in [0.3, 0.4) is 0 Å². The van der Waals surface area contributed by atoms with Crippen molar-refractivity contribution in [1.29, 1.82) is 10.5 Å². The van der Waals surface area contributed by atoms with Crippen molar-refractivity contribution in [3.8, 4) is 12.1 Å². The molecule has 4 heteroatoms. The minimum atomic E-state index is -0.783. The quantitative estimate of drug-likeness (QED) is 0.716. The molecule has 64 valence electrons. The van der Waals surface area contributed by atoms with Gasteiger partial charge in [0.1, 0.15) is 0 Å². The van der Waals surface area contributed by atoms with Crippen LogP contribution in [0.15, 0.2) is 18.2 Å². The summed E-state index contributed by atoms with van der Waals surface area (Å²) in [6.07, 6.45) is 0. The Hall–Kier alpha value is -1.22. The van der Waals surface area contributed by atoms with Crippen molar-refractivity contribution < 1.29 is 0 Å². The average molecular weight is 211 g/mol. The molecule has 0 atom stereocenters. The van der Waals surface area contributed by atoms with E-state index in [1.807, 2.05) is 12.1 Å². The first-order valence-electron chi connectivity index (χ1n) is 3.43. The fourth-order valence-electron chi connectivity index (χ4n) is 0.870. The highest BCUT2D eigenvalue weighted by Gasteiger charge is 2.10. The van der Waals surface area contributed by atoms with Crippen LogP contribution in [0, 0.1) is 22.7 Å². The summed E-state index contributed by atoms with van der Waals surface area (Å²) < 4.78 is 0. The van der Waals surface area contributed by atoms with Crippen molar-refractivity contribution in [1.82, 2.24) is 0 Å². The fourth-order valence-corrected chi connectivity index (χ4v) is 1.18. The first-order chi connectivity index (χ1) is 6.19. The maximum absolute atomic E-state index is 8.59. The van der Waals surface area contributed by atoms with E-state index >= 15 is 0 Å². The molecule has 0 heterocycles. The van der Waals surface area contributed by atoms with Gasteiger partial charge < -0.3 is 0 Å². The molecule has 0 N–H and O–H groups in total. The maximum atomic E-state index is 8.59. The normalized spacial score (nSPS) is 9.31. The molecule has 0 spiro atoms. The maximum Gasteiger partial charge on any atom is 0.158 e. The summed E-state index contributed by atoms with van der Waals surface area (Å²) in [5.41, 5.74) is 0.569. The molecule has 0 bridgehead atoms. The second-order valence-electron chi connectivity index (χ2n) is 2.36. The van der Waals surface area contributed by atoms with Crippen LogP contribution in [0.5, 0.6) is 0 Å². The summed E-state index contributed by atoms with van der Waals surface area (Å²) in [6.45, 7) is 0. The van der Waals surface area contributed by atoms with Crippen LogP contribution in [0.2, 0.25) is 10.0 Å². The summed E-state index contributed by atoms with van der Waals surface area (Å²) in [5.74, 6) is -0.783. The third-order valence-corrected chi connectivity index (χ3v) is 2.27. The second kappa shape index (κ2) is 4.14. The van der Waals surface area contributed by atoms with Crippen molar-refractivity contribution in [2.45, 2.75) is 5.92 Å². The highest BCUT2D eigenvalue weighted by Crippen LogP contribution is 2.25. The summed E-state index contributed by atoms with van der Waals surface area (Å²) in [7, 11) is 0. The van der Waals surface area contributed by atoms with Crippen LogP contribution in [0.1, 0.15) is 11.5 Å². The van der Waals surface area contributed by atoms with Gasteiger partial charge in [0.2, 0.25) is 0 Å². The second-order valence-corrected chi connectivity index (χ2v) is 3.18. The summed E-state index contributed by atoms with van der Waals surface area (Å²) in [4.78, 5) is 0. The Bertz CT molecular complexity index is 387. The molecule has 0 saturated heterocycles. The Morgan fingerprint density at radius 1 is 1.08 bits per heavy atom. The van der Waals surface area contributed by atoms with Crippen molar-refractivity contribution in [2.75, 3.05) is 0 Å². The van der Waals surface area contributed by atoms with Gasteiger partial charge in [-0.25, -0.2) is 0 Å². The Morgan fingerprint density at radius 3 is 2.15 bits per heavy atom. The molecular weight excluding hydrogens is 207 g/mol. The highest BCUT2D eigenvalue weighted by atomic mass is 35.5. The fraction of sp³-hybridized carbons (Fsp3) is 0.111. The number of nitrogens with zero attached hydrogens (tertiary/aromatic N) is 2. The smallest absolute Gasteiger partial charge is 0.158 e. The Labute approximate surface area is 85.9 Å². The van der Waals surface area contributed by atoms with Crippen molar-refractivity contribution in [3.05, 3.63) is 33.8 Å². The summed E-state index contributed by atoms with van der Waals surface area (Å²) in [6, 6.07) is 8.42. The molecule has 13 heavy (non-hydrogen) atoms. The third-order valence-electron chi connectivity index (χ3n) is 1.54. The van der Waals surface area contributed by atoms with Gasteiger partial charge in [0.25, 0.3) is 0 Å². The number of rotatable bonds is 1.